The number of hydrogen-bond acceptors (Lipinski definition) is 2. The molecule has 0 radical (unpaired) electrons. The molecule has 1 aliphatic heterocycles. The average molecular weight is 221 g/mol. The normalized spacial score (nSPS) is 36.1. The molecule has 0 aromatic carbocycles. The van der Waals surface area contributed by atoms with Crippen LogP contribution in [0.4, 0.5) is 0 Å². The monoisotopic (exact) mass is 221 g/mol. The van der Waals surface area contributed by atoms with Crippen LogP contribution in [0.2, 0.25) is 0 Å². The van der Waals surface area contributed by atoms with Crippen molar-refractivity contribution in [2.75, 3.05) is 13.1 Å². The van der Waals surface area contributed by atoms with E-state index < -0.39 is 0 Å². The summed E-state index contributed by atoms with van der Waals surface area (Å²) < 4.78 is 0. The number of rotatable bonds is 3. The predicted octanol–water partition coefficient (Wildman–Crippen LogP) is 2.03. The zero-order chi connectivity index (χ0) is 11.4. The summed E-state index contributed by atoms with van der Waals surface area (Å²) >= 11 is 0. The molecule has 2 fully saturated rings. The largest absolute Gasteiger partial charge is 0.393 e. The van der Waals surface area contributed by atoms with Gasteiger partial charge in [-0.2, -0.15) is 0 Å². The van der Waals surface area contributed by atoms with E-state index in [9.17, 15) is 5.11 Å². The van der Waals surface area contributed by atoms with Crippen LogP contribution in [-0.4, -0.2) is 35.2 Å². The molecule has 1 aliphatic carbocycles. The zero-order valence-corrected chi connectivity index (χ0v) is 10.1. The van der Waals surface area contributed by atoms with Gasteiger partial charge in [-0.25, -0.2) is 0 Å². The third-order valence-electron chi connectivity index (χ3n) is 4.23. The van der Waals surface area contributed by atoms with Gasteiger partial charge < -0.3 is 5.11 Å². The van der Waals surface area contributed by atoms with Gasteiger partial charge in [-0.05, 0) is 32.2 Å². The molecule has 2 rings (SSSR count). The maximum atomic E-state index is 10.1. The van der Waals surface area contributed by atoms with Crippen molar-refractivity contribution in [3.63, 3.8) is 0 Å². The molecule has 1 N–H and O–H groups in total. The van der Waals surface area contributed by atoms with E-state index in [0.29, 0.717) is 12.0 Å². The van der Waals surface area contributed by atoms with Crippen LogP contribution in [0.3, 0.4) is 0 Å². The van der Waals surface area contributed by atoms with Crippen LogP contribution in [0.5, 0.6) is 0 Å². The minimum atomic E-state index is -0.0646. The standard InChI is InChI=1S/C14H23NO/c1-2-3-10-15-11-6-8-13(15)12-7-4-5-9-14(12)16/h1,12-14,16H,3-11H2. The highest BCUT2D eigenvalue weighted by molar-refractivity contribution is 4.92. The number of terminal acetylenes is 1. The van der Waals surface area contributed by atoms with Gasteiger partial charge in [0.05, 0.1) is 6.10 Å². The van der Waals surface area contributed by atoms with E-state index >= 15 is 0 Å². The van der Waals surface area contributed by atoms with Gasteiger partial charge in [0.2, 0.25) is 0 Å². The Morgan fingerprint density at radius 1 is 1.19 bits per heavy atom. The minimum absolute atomic E-state index is 0.0646. The first-order valence-corrected chi connectivity index (χ1v) is 6.68. The number of aliphatic hydroxyl groups is 1. The van der Waals surface area contributed by atoms with Crippen molar-refractivity contribution in [1.29, 1.82) is 0 Å². The molecule has 0 spiro atoms. The van der Waals surface area contributed by atoms with E-state index in [1.54, 1.807) is 0 Å². The van der Waals surface area contributed by atoms with Crippen LogP contribution in [0, 0.1) is 18.3 Å². The SMILES string of the molecule is C#CCCN1CCCC1C1CCCCC1O. The molecule has 0 amide bonds. The fourth-order valence-corrected chi connectivity index (χ4v) is 3.41. The van der Waals surface area contributed by atoms with Crippen LogP contribution in [0.1, 0.15) is 44.9 Å². The van der Waals surface area contributed by atoms with Crippen LogP contribution in [0.15, 0.2) is 0 Å². The smallest absolute Gasteiger partial charge is 0.0583 e. The molecule has 3 atom stereocenters. The van der Waals surface area contributed by atoms with Gasteiger partial charge in [0.1, 0.15) is 0 Å². The quantitative estimate of drug-likeness (QED) is 0.737. The van der Waals surface area contributed by atoms with Crippen molar-refractivity contribution < 1.29 is 5.11 Å². The van der Waals surface area contributed by atoms with Crippen LogP contribution >= 0.6 is 0 Å². The zero-order valence-electron chi connectivity index (χ0n) is 10.1. The lowest BCUT2D eigenvalue weighted by atomic mass is 9.80. The number of aliphatic hydroxyl groups excluding tert-OH is 1. The lowest BCUT2D eigenvalue weighted by Crippen LogP contribution is -2.42. The van der Waals surface area contributed by atoms with Gasteiger partial charge in [0.15, 0.2) is 0 Å². The fraction of sp³-hybridized carbons (Fsp3) is 0.857. The van der Waals surface area contributed by atoms with E-state index in [-0.39, 0.29) is 6.10 Å². The highest BCUT2D eigenvalue weighted by Gasteiger charge is 2.36. The topological polar surface area (TPSA) is 23.5 Å². The number of nitrogens with zero attached hydrogens (tertiary/aromatic N) is 1. The first-order valence-electron chi connectivity index (χ1n) is 6.68. The van der Waals surface area contributed by atoms with Crippen LogP contribution in [0.25, 0.3) is 0 Å². The summed E-state index contributed by atoms with van der Waals surface area (Å²) in [4.78, 5) is 2.51. The van der Waals surface area contributed by atoms with Crippen molar-refractivity contribution in [1.82, 2.24) is 4.90 Å². The Bertz CT molecular complexity index is 258. The van der Waals surface area contributed by atoms with Crippen molar-refractivity contribution >= 4 is 0 Å². The summed E-state index contributed by atoms with van der Waals surface area (Å²) in [6.45, 7) is 2.19. The highest BCUT2D eigenvalue weighted by Crippen LogP contribution is 2.34. The van der Waals surface area contributed by atoms with Crippen molar-refractivity contribution in [2.45, 2.75) is 57.1 Å². The third kappa shape index (κ3) is 2.59. The number of likely N-dealkylation sites (tertiary alicyclic amines) is 1. The minimum Gasteiger partial charge on any atom is -0.393 e. The maximum Gasteiger partial charge on any atom is 0.0583 e. The molecule has 2 nitrogen and oxygen atoms in total. The molecule has 2 heteroatoms. The lowest BCUT2D eigenvalue weighted by molar-refractivity contribution is 0.0227. The molecule has 16 heavy (non-hydrogen) atoms. The summed E-state index contributed by atoms with van der Waals surface area (Å²) in [5, 5.41) is 10.1. The maximum absolute atomic E-state index is 10.1. The Balaban J connectivity index is 1.93. The van der Waals surface area contributed by atoms with Gasteiger partial charge in [-0.1, -0.05) is 12.8 Å². The predicted molar refractivity (Wildman–Crippen MR) is 66.0 cm³/mol. The molecule has 0 aromatic rings. The molecular formula is C14H23NO. The molecule has 90 valence electrons. The fourth-order valence-electron chi connectivity index (χ4n) is 3.41. The van der Waals surface area contributed by atoms with E-state index in [0.717, 1.165) is 19.4 Å². The van der Waals surface area contributed by atoms with Gasteiger partial charge in [0.25, 0.3) is 0 Å². The molecule has 0 aromatic heterocycles. The summed E-state index contributed by atoms with van der Waals surface area (Å²) in [6.07, 6.45) is 13.4. The Kier molecular flexibility index (Phi) is 4.26. The van der Waals surface area contributed by atoms with Crippen LogP contribution in [-0.2, 0) is 0 Å². The second-order valence-corrected chi connectivity index (χ2v) is 5.22. The van der Waals surface area contributed by atoms with E-state index in [1.165, 1.54) is 38.6 Å². The molecule has 0 bridgehead atoms. The lowest BCUT2D eigenvalue weighted by Gasteiger charge is -2.37. The summed E-state index contributed by atoms with van der Waals surface area (Å²) in [5.41, 5.74) is 0. The second-order valence-electron chi connectivity index (χ2n) is 5.22. The highest BCUT2D eigenvalue weighted by atomic mass is 16.3. The van der Waals surface area contributed by atoms with Crippen molar-refractivity contribution in [2.24, 2.45) is 5.92 Å². The van der Waals surface area contributed by atoms with E-state index in [2.05, 4.69) is 10.8 Å². The van der Waals surface area contributed by atoms with Gasteiger partial charge >= 0.3 is 0 Å². The Morgan fingerprint density at radius 3 is 2.75 bits per heavy atom. The van der Waals surface area contributed by atoms with E-state index in [4.69, 9.17) is 6.42 Å². The molecular weight excluding hydrogens is 198 g/mol. The van der Waals surface area contributed by atoms with Crippen molar-refractivity contribution in [3.05, 3.63) is 0 Å². The van der Waals surface area contributed by atoms with Gasteiger partial charge in [0, 0.05) is 24.9 Å². The first kappa shape index (κ1) is 12.0. The second kappa shape index (κ2) is 5.70. The molecule has 1 saturated carbocycles. The summed E-state index contributed by atoms with van der Waals surface area (Å²) in [7, 11) is 0. The van der Waals surface area contributed by atoms with Gasteiger partial charge in [-0.15, -0.1) is 12.3 Å². The summed E-state index contributed by atoms with van der Waals surface area (Å²) in [5.74, 6) is 3.23. The molecule has 1 saturated heterocycles. The Morgan fingerprint density at radius 2 is 2.00 bits per heavy atom. The van der Waals surface area contributed by atoms with Crippen LogP contribution < -0.4 is 0 Å². The van der Waals surface area contributed by atoms with Gasteiger partial charge in [-0.3, -0.25) is 4.90 Å². The average Bonchev–Trinajstić information content (AvgIpc) is 2.75. The van der Waals surface area contributed by atoms with E-state index in [1.807, 2.05) is 0 Å². The summed E-state index contributed by atoms with van der Waals surface area (Å²) in [6, 6.07) is 0.601. The Hall–Kier alpha value is -0.520. The molecule has 2 aliphatic rings. The molecule has 3 unspecified atom stereocenters. The first-order chi connectivity index (χ1) is 7.83. The van der Waals surface area contributed by atoms with Crippen molar-refractivity contribution in [3.8, 4) is 12.3 Å². The molecule has 1 heterocycles. The Labute approximate surface area is 99.0 Å². The third-order valence-corrected chi connectivity index (χ3v) is 4.23. The number of hydrogen-bond donors (Lipinski definition) is 1.